The molecule has 2 N–H and O–H groups in total. The summed E-state index contributed by atoms with van der Waals surface area (Å²) in [7, 11) is 1.86. The molecule has 1 aliphatic rings. The second-order valence-corrected chi connectivity index (χ2v) is 7.75. The van der Waals surface area contributed by atoms with Crippen molar-refractivity contribution in [1.82, 2.24) is 9.80 Å². The molecule has 0 saturated carbocycles. The van der Waals surface area contributed by atoms with Crippen LogP contribution in [0.2, 0.25) is 0 Å². The molecule has 0 spiro atoms. The van der Waals surface area contributed by atoms with Gasteiger partial charge in [0.05, 0.1) is 25.3 Å². The Labute approximate surface area is 147 Å². The molecule has 0 bridgehead atoms. The van der Waals surface area contributed by atoms with Gasteiger partial charge >= 0.3 is 0 Å². The van der Waals surface area contributed by atoms with Crippen molar-refractivity contribution < 1.29 is 9.53 Å². The second kappa shape index (κ2) is 9.64. The summed E-state index contributed by atoms with van der Waals surface area (Å²) in [5, 5.41) is 2.09. The fraction of sp³-hybridized carbons (Fsp3) is 0.688. The Morgan fingerprint density at radius 1 is 1.52 bits per heavy atom. The molecule has 1 amide bonds. The Hall–Kier alpha value is -0.600. The van der Waals surface area contributed by atoms with Gasteiger partial charge in [-0.2, -0.15) is 11.8 Å². The van der Waals surface area contributed by atoms with E-state index < -0.39 is 6.04 Å². The van der Waals surface area contributed by atoms with Gasteiger partial charge in [0.1, 0.15) is 0 Å². The fourth-order valence-corrected chi connectivity index (χ4v) is 4.10. The zero-order chi connectivity index (χ0) is 16.7. The highest BCUT2D eigenvalue weighted by Gasteiger charge is 2.27. The summed E-state index contributed by atoms with van der Waals surface area (Å²) in [5.41, 5.74) is 6.04. The van der Waals surface area contributed by atoms with Gasteiger partial charge in [0, 0.05) is 31.6 Å². The lowest BCUT2D eigenvalue weighted by Crippen LogP contribution is -2.47. The molecule has 2 rings (SSSR count). The van der Waals surface area contributed by atoms with Crippen LogP contribution >= 0.6 is 23.1 Å². The van der Waals surface area contributed by atoms with Crippen molar-refractivity contribution >= 4 is 29.0 Å². The number of hydrogen-bond acceptors (Lipinski definition) is 6. The van der Waals surface area contributed by atoms with Crippen LogP contribution < -0.4 is 5.73 Å². The number of rotatable bonds is 8. The van der Waals surface area contributed by atoms with Gasteiger partial charge in [0.25, 0.3) is 0 Å². The number of nitrogens with two attached hydrogens (primary N) is 1. The third-order valence-corrected chi connectivity index (χ3v) is 5.75. The molecule has 0 radical (unpaired) electrons. The Morgan fingerprint density at radius 2 is 2.26 bits per heavy atom. The van der Waals surface area contributed by atoms with Gasteiger partial charge in [-0.05, 0) is 29.9 Å². The molecule has 23 heavy (non-hydrogen) atoms. The average Bonchev–Trinajstić information content (AvgIpc) is 3.11. The molecule has 1 unspecified atom stereocenters. The molecule has 0 aromatic carbocycles. The first kappa shape index (κ1) is 18.7. The van der Waals surface area contributed by atoms with E-state index in [-0.39, 0.29) is 11.9 Å². The number of likely N-dealkylation sites (N-methyl/N-ethyl adjacent to an activating group) is 1. The number of carbonyl (C=O) groups excluding carboxylic acids is 1. The summed E-state index contributed by atoms with van der Waals surface area (Å²) < 4.78 is 5.46. The molecular weight excluding hydrogens is 330 g/mol. The van der Waals surface area contributed by atoms with Crippen molar-refractivity contribution in [3.8, 4) is 0 Å². The minimum Gasteiger partial charge on any atom is -0.379 e. The van der Waals surface area contributed by atoms with E-state index in [9.17, 15) is 4.79 Å². The number of hydrogen-bond donors (Lipinski definition) is 1. The number of morpholine rings is 1. The lowest BCUT2D eigenvalue weighted by Gasteiger charge is -2.36. The minimum absolute atomic E-state index is 0.0360. The van der Waals surface area contributed by atoms with Crippen LogP contribution in [0.15, 0.2) is 17.5 Å². The predicted molar refractivity (Wildman–Crippen MR) is 98.1 cm³/mol. The lowest BCUT2D eigenvalue weighted by atomic mass is 10.1. The van der Waals surface area contributed by atoms with Gasteiger partial charge in [-0.1, -0.05) is 6.07 Å². The molecule has 2 atom stereocenters. The van der Waals surface area contributed by atoms with Gasteiger partial charge in [-0.15, -0.1) is 11.3 Å². The molecule has 130 valence electrons. The van der Waals surface area contributed by atoms with Crippen LogP contribution in [-0.4, -0.2) is 73.7 Å². The number of thiophene rings is 1. The van der Waals surface area contributed by atoms with E-state index in [4.69, 9.17) is 10.5 Å². The van der Waals surface area contributed by atoms with Crippen LogP contribution in [0.4, 0.5) is 0 Å². The zero-order valence-corrected chi connectivity index (χ0v) is 15.6. The highest BCUT2D eigenvalue weighted by atomic mass is 32.2. The Morgan fingerprint density at radius 3 is 2.87 bits per heavy atom. The third kappa shape index (κ3) is 5.46. The number of nitrogens with zero attached hydrogens (tertiary/aromatic N) is 2. The molecule has 5 nitrogen and oxygen atoms in total. The summed E-state index contributed by atoms with van der Waals surface area (Å²) >= 11 is 3.47. The molecular formula is C16H27N3O2S2. The zero-order valence-electron chi connectivity index (χ0n) is 13.9. The van der Waals surface area contributed by atoms with E-state index in [0.29, 0.717) is 6.54 Å². The van der Waals surface area contributed by atoms with E-state index in [2.05, 4.69) is 22.4 Å². The first-order valence-corrected chi connectivity index (χ1v) is 10.3. The highest BCUT2D eigenvalue weighted by molar-refractivity contribution is 7.98. The van der Waals surface area contributed by atoms with Crippen molar-refractivity contribution in [3.05, 3.63) is 22.4 Å². The lowest BCUT2D eigenvalue weighted by molar-refractivity contribution is -0.132. The van der Waals surface area contributed by atoms with Crippen molar-refractivity contribution in [3.63, 3.8) is 0 Å². The van der Waals surface area contributed by atoms with Gasteiger partial charge in [-0.3, -0.25) is 9.69 Å². The second-order valence-electron chi connectivity index (χ2n) is 5.79. The molecule has 1 fully saturated rings. The Balaban J connectivity index is 2.00. The standard InChI is InChI=1S/C16H27N3O2S2/c1-18(16(20)13(17)5-11-22-2)12-14(15-4-3-10-23-15)19-6-8-21-9-7-19/h3-4,10,13-14H,5-9,11-12,17H2,1-2H3/t13-,14?/m0/s1. The molecule has 7 heteroatoms. The van der Waals surface area contributed by atoms with E-state index in [1.165, 1.54) is 4.88 Å². The van der Waals surface area contributed by atoms with Crippen LogP contribution in [0.3, 0.4) is 0 Å². The van der Waals surface area contributed by atoms with Crippen LogP contribution in [0.25, 0.3) is 0 Å². The topological polar surface area (TPSA) is 58.8 Å². The van der Waals surface area contributed by atoms with Gasteiger partial charge in [0.2, 0.25) is 5.91 Å². The molecule has 2 heterocycles. The van der Waals surface area contributed by atoms with Crippen molar-refractivity contribution in [2.45, 2.75) is 18.5 Å². The van der Waals surface area contributed by atoms with E-state index in [1.807, 2.05) is 13.3 Å². The van der Waals surface area contributed by atoms with E-state index in [0.717, 1.165) is 38.5 Å². The summed E-state index contributed by atoms with van der Waals surface area (Å²) in [5.74, 6) is 0.951. The highest BCUT2D eigenvalue weighted by Crippen LogP contribution is 2.26. The van der Waals surface area contributed by atoms with E-state index >= 15 is 0 Å². The minimum atomic E-state index is -0.402. The predicted octanol–water partition coefficient (Wildman–Crippen LogP) is 1.66. The summed E-state index contributed by atoms with van der Waals surface area (Å²) in [6.45, 7) is 4.00. The van der Waals surface area contributed by atoms with Crippen LogP contribution in [0, 0.1) is 0 Å². The Bertz CT molecular complexity index is 464. The number of carbonyl (C=O) groups is 1. The molecule has 0 aliphatic carbocycles. The largest absolute Gasteiger partial charge is 0.379 e. The first-order valence-electron chi connectivity index (χ1n) is 7.98. The first-order chi connectivity index (χ1) is 11.1. The Kier molecular flexibility index (Phi) is 7.85. The normalized spacial score (nSPS) is 18.6. The van der Waals surface area contributed by atoms with E-state index in [1.54, 1.807) is 28.0 Å². The maximum Gasteiger partial charge on any atom is 0.239 e. The quantitative estimate of drug-likeness (QED) is 0.767. The molecule has 1 saturated heterocycles. The van der Waals surface area contributed by atoms with Crippen molar-refractivity contribution in [2.75, 3.05) is 51.9 Å². The van der Waals surface area contributed by atoms with Gasteiger partial charge in [-0.25, -0.2) is 0 Å². The molecule has 1 aromatic heterocycles. The summed E-state index contributed by atoms with van der Waals surface area (Å²) in [6.07, 6.45) is 2.76. The SMILES string of the molecule is CSCC[C@H](N)C(=O)N(C)CC(c1cccs1)N1CCOCC1. The third-order valence-electron chi connectivity index (χ3n) is 4.13. The maximum atomic E-state index is 12.5. The maximum absolute atomic E-state index is 12.5. The smallest absolute Gasteiger partial charge is 0.239 e. The van der Waals surface area contributed by atoms with Gasteiger partial charge in [0.15, 0.2) is 0 Å². The number of ether oxygens (including phenoxy) is 1. The van der Waals surface area contributed by atoms with Crippen LogP contribution in [0.1, 0.15) is 17.3 Å². The molecule has 1 aliphatic heterocycles. The summed E-state index contributed by atoms with van der Waals surface area (Å²) in [6, 6.07) is 4.04. The van der Waals surface area contributed by atoms with Crippen LogP contribution in [0.5, 0.6) is 0 Å². The van der Waals surface area contributed by atoms with Crippen molar-refractivity contribution in [1.29, 1.82) is 0 Å². The fourth-order valence-electron chi connectivity index (χ4n) is 2.76. The average molecular weight is 358 g/mol. The monoisotopic (exact) mass is 357 g/mol. The van der Waals surface area contributed by atoms with Gasteiger partial charge < -0.3 is 15.4 Å². The van der Waals surface area contributed by atoms with Crippen molar-refractivity contribution in [2.24, 2.45) is 5.73 Å². The number of thioether (sulfide) groups is 1. The molecule has 1 aromatic rings. The summed E-state index contributed by atoms with van der Waals surface area (Å²) in [4.78, 5) is 18.0. The number of amides is 1. The van der Waals surface area contributed by atoms with Crippen LogP contribution in [-0.2, 0) is 9.53 Å².